The van der Waals surface area contributed by atoms with Gasteiger partial charge in [-0.3, -0.25) is 4.90 Å². The summed E-state index contributed by atoms with van der Waals surface area (Å²) >= 11 is 0. The van der Waals surface area contributed by atoms with Crippen LogP contribution in [0.3, 0.4) is 0 Å². The molecule has 0 bridgehead atoms. The molecule has 0 aromatic rings. The normalized spacial score (nSPS) is 29.2. The van der Waals surface area contributed by atoms with E-state index in [1.165, 1.54) is 71.5 Å². The lowest BCUT2D eigenvalue weighted by Crippen LogP contribution is -2.54. The quantitative estimate of drug-likeness (QED) is 0.768. The Balaban J connectivity index is 1.39. The second kappa shape index (κ2) is 6.11. The second-order valence-electron chi connectivity index (χ2n) is 7.14. The van der Waals surface area contributed by atoms with Crippen molar-refractivity contribution in [3.05, 3.63) is 0 Å². The Bertz CT molecular complexity index is 272. The first-order valence-electron chi connectivity index (χ1n) is 8.43. The van der Waals surface area contributed by atoms with Gasteiger partial charge in [-0.15, -0.1) is 0 Å². The number of rotatable bonds is 4. The van der Waals surface area contributed by atoms with Crippen LogP contribution in [0.1, 0.15) is 39.5 Å². The topological polar surface area (TPSA) is 9.72 Å². The van der Waals surface area contributed by atoms with Crippen LogP contribution in [0.4, 0.5) is 0 Å². The summed E-state index contributed by atoms with van der Waals surface area (Å²) in [4.78, 5) is 8.12. The third-order valence-electron chi connectivity index (χ3n) is 5.37. The first kappa shape index (κ1) is 13.8. The number of hydrogen-bond donors (Lipinski definition) is 0. The summed E-state index contributed by atoms with van der Waals surface area (Å²) < 4.78 is 0. The molecule has 0 N–H and O–H groups in total. The Morgan fingerprint density at radius 3 is 2.00 bits per heavy atom. The van der Waals surface area contributed by atoms with Crippen LogP contribution in [0, 0.1) is 5.92 Å². The van der Waals surface area contributed by atoms with Gasteiger partial charge in [-0.2, -0.15) is 0 Å². The molecular formula is C16H31N3. The van der Waals surface area contributed by atoms with Gasteiger partial charge in [0.15, 0.2) is 0 Å². The van der Waals surface area contributed by atoms with Crippen LogP contribution >= 0.6 is 0 Å². The molecule has 0 amide bonds. The fourth-order valence-corrected chi connectivity index (χ4v) is 3.74. The molecule has 2 aliphatic heterocycles. The highest BCUT2D eigenvalue weighted by Gasteiger charge is 2.30. The van der Waals surface area contributed by atoms with Gasteiger partial charge in [-0.1, -0.05) is 0 Å². The lowest BCUT2D eigenvalue weighted by atomic mass is 10.0. The molecule has 2 saturated heterocycles. The minimum Gasteiger partial charge on any atom is -0.301 e. The van der Waals surface area contributed by atoms with Crippen molar-refractivity contribution in [3.63, 3.8) is 0 Å². The molecule has 3 nitrogen and oxygen atoms in total. The molecule has 19 heavy (non-hydrogen) atoms. The van der Waals surface area contributed by atoms with E-state index < -0.39 is 0 Å². The van der Waals surface area contributed by atoms with Gasteiger partial charge >= 0.3 is 0 Å². The average molecular weight is 265 g/mol. The number of likely N-dealkylation sites (tertiary alicyclic amines) is 1. The summed E-state index contributed by atoms with van der Waals surface area (Å²) in [5.74, 6) is 1.06. The Hall–Kier alpha value is -0.120. The van der Waals surface area contributed by atoms with Crippen molar-refractivity contribution in [3.8, 4) is 0 Å². The van der Waals surface area contributed by atoms with Crippen molar-refractivity contribution in [2.45, 2.75) is 51.6 Å². The van der Waals surface area contributed by atoms with Crippen LogP contribution in [-0.2, 0) is 0 Å². The summed E-state index contributed by atoms with van der Waals surface area (Å²) in [6.45, 7) is 13.9. The van der Waals surface area contributed by atoms with Gasteiger partial charge < -0.3 is 9.80 Å². The zero-order valence-corrected chi connectivity index (χ0v) is 12.9. The van der Waals surface area contributed by atoms with Crippen LogP contribution < -0.4 is 0 Å². The van der Waals surface area contributed by atoms with E-state index in [2.05, 4.69) is 28.5 Å². The zero-order valence-electron chi connectivity index (χ0n) is 12.9. The maximum Gasteiger partial charge on any atom is 0.0121 e. The predicted molar refractivity (Wildman–Crippen MR) is 80.5 cm³/mol. The Morgan fingerprint density at radius 1 is 0.842 bits per heavy atom. The molecule has 110 valence electrons. The Kier molecular flexibility index (Phi) is 4.45. The smallest absolute Gasteiger partial charge is 0.0121 e. The van der Waals surface area contributed by atoms with Crippen LogP contribution in [0.2, 0.25) is 0 Å². The molecule has 3 aliphatic rings. The minimum atomic E-state index is 0.733. The van der Waals surface area contributed by atoms with E-state index in [-0.39, 0.29) is 0 Å². The molecule has 0 spiro atoms. The SMILES string of the molecule is CC(C)N1CCC(N2CCN(CC3CC3)CC2)CC1. The van der Waals surface area contributed by atoms with Gasteiger partial charge in [-0.05, 0) is 58.5 Å². The largest absolute Gasteiger partial charge is 0.301 e. The summed E-state index contributed by atoms with van der Waals surface area (Å²) in [5, 5.41) is 0. The molecule has 1 aliphatic carbocycles. The first-order chi connectivity index (χ1) is 9.22. The van der Waals surface area contributed by atoms with Crippen molar-refractivity contribution >= 4 is 0 Å². The molecule has 0 atom stereocenters. The van der Waals surface area contributed by atoms with Gasteiger partial charge in [0.25, 0.3) is 0 Å². The fraction of sp³-hybridized carbons (Fsp3) is 1.00. The summed E-state index contributed by atoms with van der Waals surface area (Å²) in [7, 11) is 0. The second-order valence-corrected chi connectivity index (χ2v) is 7.14. The lowest BCUT2D eigenvalue weighted by Gasteiger charge is -2.43. The van der Waals surface area contributed by atoms with Crippen LogP contribution in [-0.4, -0.2) is 72.6 Å². The summed E-state index contributed by atoms with van der Waals surface area (Å²) in [5.41, 5.74) is 0. The number of nitrogens with zero attached hydrogens (tertiary/aromatic N) is 3. The Morgan fingerprint density at radius 2 is 1.47 bits per heavy atom. The predicted octanol–water partition coefficient (Wildman–Crippen LogP) is 1.89. The third kappa shape index (κ3) is 3.71. The number of hydrogen-bond acceptors (Lipinski definition) is 3. The van der Waals surface area contributed by atoms with E-state index in [0.717, 1.165) is 18.0 Å². The van der Waals surface area contributed by atoms with Crippen molar-refractivity contribution < 1.29 is 0 Å². The highest BCUT2D eigenvalue weighted by atomic mass is 15.3. The molecule has 3 rings (SSSR count). The highest BCUT2D eigenvalue weighted by Crippen LogP contribution is 2.30. The summed E-state index contributed by atoms with van der Waals surface area (Å²) in [6.07, 6.45) is 5.77. The monoisotopic (exact) mass is 265 g/mol. The minimum absolute atomic E-state index is 0.733. The molecular weight excluding hydrogens is 234 g/mol. The molecule has 0 aromatic heterocycles. The van der Waals surface area contributed by atoms with Crippen molar-refractivity contribution in [2.75, 3.05) is 45.8 Å². The van der Waals surface area contributed by atoms with Gasteiger partial charge in [0.1, 0.15) is 0 Å². The maximum atomic E-state index is 2.78. The van der Waals surface area contributed by atoms with Crippen LogP contribution in [0.25, 0.3) is 0 Å². The van der Waals surface area contributed by atoms with Crippen molar-refractivity contribution in [1.29, 1.82) is 0 Å². The molecule has 0 radical (unpaired) electrons. The van der Waals surface area contributed by atoms with E-state index >= 15 is 0 Å². The van der Waals surface area contributed by atoms with Gasteiger partial charge in [-0.25, -0.2) is 0 Å². The molecule has 0 unspecified atom stereocenters. The molecule has 3 fully saturated rings. The van der Waals surface area contributed by atoms with Crippen LogP contribution in [0.5, 0.6) is 0 Å². The van der Waals surface area contributed by atoms with Crippen LogP contribution in [0.15, 0.2) is 0 Å². The molecule has 0 aromatic carbocycles. The third-order valence-corrected chi connectivity index (χ3v) is 5.37. The van der Waals surface area contributed by atoms with E-state index in [4.69, 9.17) is 0 Å². The van der Waals surface area contributed by atoms with Gasteiger partial charge in [0.2, 0.25) is 0 Å². The summed E-state index contributed by atoms with van der Waals surface area (Å²) in [6, 6.07) is 1.61. The number of piperazine rings is 1. The lowest BCUT2D eigenvalue weighted by molar-refractivity contribution is 0.0506. The standard InChI is InChI=1S/C16H31N3/c1-14(2)18-7-5-16(6-8-18)19-11-9-17(10-12-19)13-15-3-4-15/h14-16H,3-13H2,1-2H3. The molecule has 2 heterocycles. The van der Waals surface area contributed by atoms with Crippen molar-refractivity contribution in [1.82, 2.24) is 14.7 Å². The van der Waals surface area contributed by atoms with Gasteiger partial charge in [0, 0.05) is 44.8 Å². The highest BCUT2D eigenvalue weighted by molar-refractivity contribution is 4.86. The van der Waals surface area contributed by atoms with Crippen molar-refractivity contribution in [2.24, 2.45) is 5.92 Å². The Labute approximate surface area is 118 Å². The van der Waals surface area contributed by atoms with E-state index in [1.54, 1.807) is 0 Å². The fourth-order valence-electron chi connectivity index (χ4n) is 3.74. The van der Waals surface area contributed by atoms with E-state index in [0.29, 0.717) is 0 Å². The van der Waals surface area contributed by atoms with E-state index in [9.17, 15) is 0 Å². The average Bonchev–Trinajstić information content (AvgIpc) is 3.24. The van der Waals surface area contributed by atoms with Gasteiger partial charge in [0.05, 0.1) is 0 Å². The first-order valence-corrected chi connectivity index (χ1v) is 8.43. The zero-order chi connectivity index (χ0) is 13.2. The van der Waals surface area contributed by atoms with E-state index in [1.807, 2.05) is 0 Å². The molecule has 1 saturated carbocycles. The molecule has 3 heteroatoms. The number of piperidine rings is 1. The maximum absolute atomic E-state index is 2.78.